The Hall–Kier alpha value is -1.29. The maximum absolute atomic E-state index is 12.0. The van der Waals surface area contributed by atoms with Crippen LogP contribution in [0.25, 0.3) is 0 Å². The van der Waals surface area contributed by atoms with E-state index in [1.54, 1.807) is 4.90 Å². The molecule has 2 rings (SSSR count). The molecule has 1 aromatic heterocycles. The molecule has 0 aromatic carbocycles. The highest BCUT2D eigenvalue weighted by atomic mass is 16.3. The molecule has 1 N–H and O–H groups in total. The number of amides is 1. The van der Waals surface area contributed by atoms with Crippen molar-refractivity contribution in [3.05, 3.63) is 23.5 Å². The molecule has 0 radical (unpaired) electrons. The molecule has 2 heterocycles. The molecule has 0 spiro atoms. The Balaban J connectivity index is 2.40. The number of aromatic nitrogens is 1. The third kappa shape index (κ3) is 1.55. The molecule has 0 unspecified atom stereocenters. The molecule has 1 aromatic rings. The van der Waals surface area contributed by atoms with Gasteiger partial charge in [-0.2, -0.15) is 0 Å². The average molecular weight is 208 g/mol. The number of carbonyl (C=O) groups excluding carboxylic acids is 1. The van der Waals surface area contributed by atoms with Gasteiger partial charge in [0.25, 0.3) is 5.91 Å². The first-order valence-corrected chi connectivity index (χ1v) is 5.26. The maximum Gasteiger partial charge on any atom is 0.270 e. The summed E-state index contributed by atoms with van der Waals surface area (Å²) in [6, 6.07) is 1.82. The van der Waals surface area contributed by atoms with Gasteiger partial charge in [-0.25, -0.2) is 0 Å². The summed E-state index contributed by atoms with van der Waals surface area (Å²) in [7, 11) is 0. The van der Waals surface area contributed by atoms with Crippen LogP contribution in [0.1, 0.15) is 23.0 Å². The van der Waals surface area contributed by atoms with Crippen LogP contribution < -0.4 is 0 Å². The lowest BCUT2D eigenvalue weighted by Gasteiger charge is -2.34. The first-order valence-electron chi connectivity index (χ1n) is 5.26. The van der Waals surface area contributed by atoms with Crippen molar-refractivity contribution in [2.24, 2.45) is 0 Å². The molecule has 1 atom stereocenters. The molecule has 0 bridgehead atoms. The zero-order chi connectivity index (χ0) is 11.0. The van der Waals surface area contributed by atoms with E-state index in [4.69, 9.17) is 0 Å². The minimum absolute atomic E-state index is 0.0240. The molecule has 0 saturated carbocycles. The molecule has 4 nitrogen and oxygen atoms in total. The zero-order valence-corrected chi connectivity index (χ0v) is 9.10. The van der Waals surface area contributed by atoms with Crippen molar-refractivity contribution >= 4 is 5.91 Å². The van der Waals surface area contributed by atoms with E-state index in [0.29, 0.717) is 13.1 Å². The van der Waals surface area contributed by atoms with E-state index in [0.717, 1.165) is 11.3 Å². The van der Waals surface area contributed by atoms with Gasteiger partial charge in [-0.05, 0) is 25.5 Å². The fourth-order valence-corrected chi connectivity index (χ4v) is 2.18. The molecular weight excluding hydrogens is 192 g/mol. The highest BCUT2D eigenvalue weighted by Crippen LogP contribution is 2.19. The van der Waals surface area contributed by atoms with Crippen molar-refractivity contribution in [2.45, 2.75) is 26.4 Å². The van der Waals surface area contributed by atoms with Crippen LogP contribution in [-0.2, 0) is 6.54 Å². The van der Waals surface area contributed by atoms with Gasteiger partial charge in [-0.1, -0.05) is 0 Å². The molecule has 0 saturated heterocycles. The molecule has 4 heteroatoms. The second-order valence-electron chi connectivity index (χ2n) is 3.98. The lowest BCUT2D eigenvalue weighted by Crippen LogP contribution is -2.49. The predicted molar refractivity (Wildman–Crippen MR) is 56.8 cm³/mol. The highest BCUT2D eigenvalue weighted by molar-refractivity contribution is 5.94. The van der Waals surface area contributed by atoms with Gasteiger partial charge < -0.3 is 14.6 Å². The van der Waals surface area contributed by atoms with Crippen LogP contribution in [0, 0.1) is 6.92 Å². The number of aliphatic hydroxyl groups is 1. The summed E-state index contributed by atoms with van der Waals surface area (Å²) in [5, 5.41) is 9.24. The third-order valence-corrected chi connectivity index (χ3v) is 2.91. The fourth-order valence-electron chi connectivity index (χ4n) is 2.18. The average Bonchev–Trinajstić information content (AvgIpc) is 2.59. The monoisotopic (exact) mass is 208 g/mol. The first kappa shape index (κ1) is 10.2. The molecule has 15 heavy (non-hydrogen) atoms. The number of carbonyl (C=O) groups is 1. The SMILES string of the molecule is CCN1C(=O)c2cc(C)cn2C[C@@H]1CO. The Morgan fingerprint density at radius 3 is 2.93 bits per heavy atom. The van der Waals surface area contributed by atoms with E-state index in [1.807, 2.05) is 30.7 Å². The number of hydrogen-bond donors (Lipinski definition) is 1. The Bertz CT molecular complexity index is 384. The highest BCUT2D eigenvalue weighted by Gasteiger charge is 2.30. The lowest BCUT2D eigenvalue weighted by molar-refractivity contribution is 0.0502. The van der Waals surface area contributed by atoms with Gasteiger partial charge in [0.05, 0.1) is 12.6 Å². The van der Waals surface area contributed by atoms with Crippen molar-refractivity contribution in [3.63, 3.8) is 0 Å². The first-order chi connectivity index (χ1) is 7.17. The van der Waals surface area contributed by atoms with Crippen LogP contribution in [-0.4, -0.2) is 39.7 Å². The van der Waals surface area contributed by atoms with Crippen LogP contribution >= 0.6 is 0 Å². The normalized spacial score (nSPS) is 20.6. The van der Waals surface area contributed by atoms with Crippen molar-refractivity contribution < 1.29 is 9.90 Å². The molecule has 0 aliphatic carbocycles. The quantitative estimate of drug-likeness (QED) is 0.775. The molecular formula is C11H16N2O2. The van der Waals surface area contributed by atoms with E-state index in [-0.39, 0.29) is 18.6 Å². The summed E-state index contributed by atoms with van der Waals surface area (Å²) in [5.74, 6) is 0.0240. The van der Waals surface area contributed by atoms with E-state index < -0.39 is 0 Å². The summed E-state index contributed by atoms with van der Waals surface area (Å²) in [4.78, 5) is 13.8. The van der Waals surface area contributed by atoms with E-state index >= 15 is 0 Å². The Labute approximate surface area is 89.1 Å². The van der Waals surface area contributed by atoms with Gasteiger partial charge >= 0.3 is 0 Å². The van der Waals surface area contributed by atoms with Gasteiger partial charge in [-0.15, -0.1) is 0 Å². The summed E-state index contributed by atoms with van der Waals surface area (Å²) in [6.45, 7) is 5.28. The molecule has 1 aliphatic heterocycles. The van der Waals surface area contributed by atoms with E-state index in [9.17, 15) is 9.90 Å². The van der Waals surface area contributed by atoms with Crippen molar-refractivity contribution in [1.29, 1.82) is 0 Å². The minimum Gasteiger partial charge on any atom is -0.394 e. The number of aliphatic hydroxyl groups excluding tert-OH is 1. The molecule has 1 amide bonds. The number of hydrogen-bond acceptors (Lipinski definition) is 2. The second kappa shape index (κ2) is 3.70. The smallest absolute Gasteiger partial charge is 0.270 e. The second-order valence-corrected chi connectivity index (χ2v) is 3.98. The number of aryl methyl sites for hydroxylation is 1. The molecule has 1 aliphatic rings. The number of rotatable bonds is 2. The molecule has 82 valence electrons. The number of fused-ring (bicyclic) bond motifs is 1. The Morgan fingerprint density at radius 2 is 2.33 bits per heavy atom. The predicted octanol–water partition coefficient (Wildman–Crippen LogP) is 0.633. The number of likely N-dealkylation sites (N-methyl/N-ethyl adjacent to an activating group) is 1. The maximum atomic E-state index is 12.0. The van der Waals surface area contributed by atoms with Crippen LogP contribution in [0.4, 0.5) is 0 Å². The third-order valence-electron chi connectivity index (χ3n) is 2.91. The molecule has 0 fully saturated rings. The van der Waals surface area contributed by atoms with Gasteiger partial charge in [-0.3, -0.25) is 4.79 Å². The topological polar surface area (TPSA) is 45.5 Å². The van der Waals surface area contributed by atoms with Crippen LogP contribution in [0.15, 0.2) is 12.3 Å². The summed E-state index contributed by atoms with van der Waals surface area (Å²) in [5.41, 5.74) is 1.83. The van der Waals surface area contributed by atoms with Crippen molar-refractivity contribution in [1.82, 2.24) is 9.47 Å². The van der Waals surface area contributed by atoms with Gasteiger partial charge in [0.15, 0.2) is 0 Å². The lowest BCUT2D eigenvalue weighted by atomic mass is 10.1. The summed E-state index contributed by atoms with van der Waals surface area (Å²) >= 11 is 0. The van der Waals surface area contributed by atoms with Crippen molar-refractivity contribution in [2.75, 3.05) is 13.2 Å². The van der Waals surface area contributed by atoms with Gasteiger partial charge in [0.1, 0.15) is 5.69 Å². The Kier molecular flexibility index (Phi) is 2.52. The van der Waals surface area contributed by atoms with Crippen LogP contribution in [0.2, 0.25) is 0 Å². The minimum atomic E-state index is -0.0817. The standard InChI is InChI=1S/C11H16N2O2/c1-3-13-9(7-14)6-12-5-8(2)4-10(12)11(13)15/h4-5,9,14H,3,6-7H2,1-2H3/t9-/m1/s1. The van der Waals surface area contributed by atoms with Gasteiger partial charge in [0, 0.05) is 19.3 Å². The fraction of sp³-hybridized carbons (Fsp3) is 0.545. The summed E-state index contributed by atoms with van der Waals surface area (Å²) < 4.78 is 1.94. The van der Waals surface area contributed by atoms with E-state index in [1.165, 1.54) is 0 Å². The largest absolute Gasteiger partial charge is 0.394 e. The number of nitrogens with zero attached hydrogens (tertiary/aromatic N) is 2. The van der Waals surface area contributed by atoms with Crippen molar-refractivity contribution in [3.8, 4) is 0 Å². The Morgan fingerprint density at radius 1 is 1.60 bits per heavy atom. The zero-order valence-electron chi connectivity index (χ0n) is 9.10. The van der Waals surface area contributed by atoms with Gasteiger partial charge in [0.2, 0.25) is 0 Å². The van der Waals surface area contributed by atoms with E-state index in [2.05, 4.69) is 0 Å². The van der Waals surface area contributed by atoms with Crippen LogP contribution in [0.5, 0.6) is 0 Å². The summed E-state index contributed by atoms with van der Waals surface area (Å²) in [6.07, 6.45) is 1.96. The van der Waals surface area contributed by atoms with Crippen LogP contribution in [0.3, 0.4) is 0 Å².